The fourth-order valence-corrected chi connectivity index (χ4v) is 3.55. The van der Waals surface area contributed by atoms with E-state index >= 15 is 0 Å². The highest BCUT2D eigenvalue weighted by molar-refractivity contribution is 5.68. The summed E-state index contributed by atoms with van der Waals surface area (Å²) in [6, 6.07) is 0.352. The van der Waals surface area contributed by atoms with Gasteiger partial charge in [-0.05, 0) is 71.6 Å². The zero-order chi connectivity index (χ0) is 15.0. The molecule has 0 bridgehead atoms. The normalized spacial score (nSPS) is 29.9. The molecule has 0 N–H and O–H groups in total. The standard InChI is InChI=1S/C17H29NO2/c1-6-13-11-17(12-13)9-7-14(8-10-17)18(5)15(19)20-16(2,3)4/h6,14H,7-12H2,1-5H3. The van der Waals surface area contributed by atoms with Crippen molar-refractivity contribution in [3.8, 4) is 0 Å². The lowest BCUT2D eigenvalue weighted by molar-refractivity contribution is 0.00888. The van der Waals surface area contributed by atoms with Gasteiger partial charge in [-0.25, -0.2) is 4.79 Å². The van der Waals surface area contributed by atoms with E-state index in [9.17, 15) is 4.79 Å². The lowest BCUT2D eigenvalue weighted by Crippen LogP contribution is -2.45. The highest BCUT2D eigenvalue weighted by Crippen LogP contribution is 2.54. The van der Waals surface area contributed by atoms with Crippen LogP contribution in [-0.2, 0) is 4.74 Å². The number of ether oxygens (including phenoxy) is 1. The maximum absolute atomic E-state index is 12.1. The van der Waals surface area contributed by atoms with Crippen LogP contribution in [0.5, 0.6) is 0 Å². The van der Waals surface area contributed by atoms with Gasteiger partial charge in [0.1, 0.15) is 5.60 Å². The molecule has 0 saturated heterocycles. The average Bonchev–Trinajstić information content (AvgIpc) is 2.33. The number of hydrogen-bond donors (Lipinski definition) is 0. The van der Waals surface area contributed by atoms with Gasteiger partial charge in [-0.15, -0.1) is 0 Å². The number of amides is 1. The summed E-state index contributed by atoms with van der Waals surface area (Å²) >= 11 is 0. The molecule has 1 spiro atoms. The van der Waals surface area contributed by atoms with Gasteiger partial charge in [0.25, 0.3) is 0 Å². The van der Waals surface area contributed by atoms with E-state index in [0.717, 1.165) is 12.8 Å². The van der Waals surface area contributed by atoms with Crippen LogP contribution >= 0.6 is 0 Å². The summed E-state index contributed by atoms with van der Waals surface area (Å²) in [5.41, 5.74) is 1.77. The van der Waals surface area contributed by atoms with Crippen LogP contribution in [0.4, 0.5) is 4.79 Å². The van der Waals surface area contributed by atoms with E-state index in [-0.39, 0.29) is 6.09 Å². The predicted molar refractivity (Wildman–Crippen MR) is 81.7 cm³/mol. The van der Waals surface area contributed by atoms with Gasteiger partial charge < -0.3 is 9.64 Å². The second-order valence-electron chi connectivity index (χ2n) is 7.62. The summed E-state index contributed by atoms with van der Waals surface area (Å²) in [6.45, 7) is 7.90. The SMILES string of the molecule is CC=C1CC2(CCC(N(C)C(=O)OC(C)(C)C)CC2)C1. The van der Waals surface area contributed by atoms with Crippen LogP contribution in [0, 0.1) is 5.41 Å². The summed E-state index contributed by atoms with van der Waals surface area (Å²) < 4.78 is 5.46. The van der Waals surface area contributed by atoms with Crippen LogP contribution in [0.1, 0.15) is 66.2 Å². The average molecular weight is 279 g/mol. The number of carbonyl (C=O) groups excluding carboxylic acids is 1. The molecule has 0 unspecified atom stereocenters. The zero-order valence-corrected chi connectivity index (χ0v) is 13.7. The quantitative estimate of drug-likeness (QED) is 0.660. The Morgan fingerprint density at radius 3 is 2.30 bits per heavy atom. The van der Waals surface area contributed by atoms with Gasteiger partial charge in [0.15, 0.2) is 0 Å². The van der Waals surface area contributed by atoms with Crippen molar-refractivity contribution in [2.75, 3.05) is 7.05 Å². The number of carbonyl (C=O) groups is 1. The van der Waals surface area contributed by atoms with Gasteiger partial charge in [-0.3, -0.25) is 0 Å². The highest BCUT2D eigenvalue weighted by atomic mass is 16.6. The predicted octanol–water partition coefficient (Wildman–Crippen LogP) is 4.52. The van der Waals surface area contributed by atoms with Crippen LogP contribution in [0.2, 0.25) is 0 Å². The van der Waals surface area contributed by atoms with Gasteiger partial charge in [-0.2, -0.15) is 0 Å². The number of rotatable bonds is 1. The van der Waals surface area contributed by atoms with Gasteiger partial charge in [-0.1, -0.05) is 11.6 Å². The Bertz CT molecular complexity index is 388. The smallest absolute Gasteiger partial charge is 0.410 e. The van der Waals surface area contributed by atoms with E-state index in [2.05, 4.69) is 13.0 Å². The van der Waals surface area contributed by atoms with Crippen LogP contribution in [-0.4, -0.2) is 29.7 Å². The molecule has 0 atom stereocenters. The van der Waals surface area contributed by atoms with Crippen LogP contribution < -0.4 is 0 Å². The fraction of sp³-hybridized carbons (Fsp3) is 0.824. The molecular weight excluding hydrogens is 250 g/mol. The number of hydrogen-bond acceptors (Lipinski definition) is 2. The van der Waals surface area contributed by atoms with E-state index in [1.54, 1.807) is 5.57 Å². The van der Waals surface area contributed by atoms with Crippen molar-refractivity contribution in [2.24, 2.45) is 5.41 Å². The molecule has 2 aliphatic rings. The van der Waals surface area contributed by atoms with E-state index in [1.807, 2.05) is 32.7 Å². The highest BCUT2D eigenvalue weighted by Gasteiger charge is 2.43. The maximum Gasteiger partial charge on any atom is 0.410 e. The summed E-state index contributed by atoms with van der Waals surface area (Å²) in [6.07, 6.45) is 9.40. The summed E-state index contributed by atoms with van der Waals surface area (Å²) in [4.78, 5) is 13.9. The van der Waals surface area contributed by atoms with Crippen LogP contribution in [0.25, 0.3) is 0 Å². The molecule has 3 nitrogen and oxygen atoms in total. The maximum atomic E-state index is 12.1. The van der Waals surface area contributed by atoms with E-state index in [4.69, 9.17) is 4.74 Å². The molecule has 0 aliphatic heterocycles. The third kappa shape index (κ3) is 3.36. The van der Waals surface area contributed by atoms with Gasteiger partial charge in [0.2, 0.25) is 0 Å². The molecule has 2 saturated carbocycles. The Morgan fingerprint density at radius 2 is 1.85 bits per heavy atom. The van der Waals surface area contributed by atoms with Crippen molar-refractivity contribution in [1.82, 2.24) is 4.90 Å². The molecule has 114 valence electrons. The topological polar surface area (TPSA) is 29.5 Å². The van der Waals surface area contributed by atoms with Crippen molar-refractivity contribution in [3.63, 3.8) is 0 Å². The van der Waals surface area contributed by atoms with Crippen LogP contribution in [0.3, 0.4) is 0 Å². The molecule has 20 heavy (non-hydrogen) atoms. The molecule has 3 heteroatoms. The molecule has 0 aromatic carbocycles. The van der Waals surface area contributed by atoms with Crippen molar-refractivity contribution in [1.29, 1.82) is 0 Å². The monoisotopic (exact) mass is 279 g/mol. The first-order chi connectivity index (χ1) is 9.25. The third-order valence-corrected chi connectivity index (χ3v) is 4.86. The Labute approximate surface area is 123 Å². The van der Waals surface area contributed by atoms with Gasteiger partial charge in [0, 0.05) is 13.1 Å². The van der Waals surface area contributed by atoms with E-state index < -0.39 is 5.60 Å². The molecule has 0 heterocycles. The summed E-state index contributed by atoms with van der Waals surface area (Å²) in [5.74, 6) is 0. The van der Waals surface area contributed by atoms with E-state index in [1.165, 1.54) is 25.7 Å². The molecule has 1 amide bonds. The van der Waals surface area contributed by atoms with Crippen LogP contribution in [0.15, 0.2) is 11.6 Å². The van der Waals surface area contributed by atoms with Gasteiger partial charge in [0.05, 0.1) is 0 Å². The van der Waals surface area contributed by atoms with Crippen molar-refractivity contribution >= 4 is 6.09 Å². The molecule has 0 radical (unpaired) electrons. The molecule has 2 aliphatic carbocycles. The summed E-state index contributed by atoms with van der Waals surface area (Å²) in [5, 5.41) is 0. The molecular formula is C17H29NO2. The Hall–Kier alpha value is -0.990. The Kier molecular flexibility index (Phi) is 4.17. The van der Waals surface area contributed by atoms with Crippen molar-refractivity contribution < 1.29 is 9.53 Å². The lowest BCUT2D eigenvalue weighted by atomic mass is 9.57. The minimum atomic E-state index is -0.407. The molecule has 2 rings (SSSR count). The first-order valence-electron chi connectivity index (χ1n) is 7.85. The Morgan fingerprint density at radius 1 is 1.30 bits per heavy atom. The van der Waals surface area contributed by atoms with Crippen molar-refractivity contribution in [2.45, 2.75) is 77.9 Å². The summed E-state index contributed by atoms with van der Waals surface area (Å²) in [7, 11) is 1.88. The van der Waals surface area contributed by atoms with Gasteiger partial charge >= 0.3 is 6.09 Å². The minimum absolute atomic E-state index is 0.179. The first kappa shape index (κ1) is 15.4. The second kappa shape index (κ2) is 5.42. The lowest BCUT2D eigenvalue weighted by Gasteiger charge is -2.49. The molecule has 2 fully saturated rings. The number of nitrogens with zero attached hydrogens (tertiary/aromatic N) is 1. The number of allylic oxidation sites excluding steroid dienone is 2. The minimum Gasteiger partial charge on any atom is -0.444 e. The fourth-order valence-electron chi connectivity index (χ4n) is 3.55. The Balaban J connectivity index is 1.83. The first-order valence-corrected chi connectivity index (χ1v) is 7.85. The zero-order valence-electron chi connectivity index (χ0n) is 13.7. The van der Waals surface area contributed by atoms with Crippen molar-refractivity contribution in [3.05, 3.63) is 11.6 Å². The van der Waals surface area contributed by atoms with E-state index in [0.29, 0.717) is 11.5 Å². The third-order valence-electron chi connectivity index (χ3n) is 4.86. The molecule has 0 aromatic heterocycles. The largest absolute Gasteiger partial charge is 0.444 e. The molecule has 0 aromatic rings. The second-order valence-corrected chi connectivity index (χ2v) is 7.62.